The van der Waals surface area contributed by atoms with Gasteiger partial charge in [-0.3, -0.25) is 4.79 Å². The van der Waals surface area contributed by atoms with Crippen molar-refractivity contribution < 1.29 is 9.53 Å². The van der Waals surface area contributed by atoms with E-state index < -0.39 is 5.91 Å². The lowest BCUT2D eigenvalue weighted by atomic mass is 10.0. The average molecular weight is 544 g/mol. The molecule has 0 saturated heterocycles. The van der Waals surface area contributed by atoms with E-state index in [1.165, 1.54) is 0 Å². The van der Waals surface area contributed by atoms with Gasteiger partial charge in [-0.2, -0.15) is 5.26 Å². The summed E-state index contributed by atoms with van der Waals surface area (Å²) < 4.78 is 7.61. The summed E-state index contributed by atoms with van der Waals surface area (Å²) in [6.07, 6.45) is 1.64. The van der Waals surface area contributed by atoms with Crippen molar-refractivity contribution in [3.05, 3.63) is 131 Å². The van der Waals surface area contributed by atoms with E-state index in [-0.39, 0.29) is 5.57 Å². The van der Waals surface area contributed by atoms with Crippen molar-refractivity contribution in [3.63, 3.8) is 0 Å². The first-order chi connectivity index (χ1) is 19.6. The van der Waals surface area contributed by atoms with Gasteiger partial charge in [0.25, 0.3) is 5.91 Å². The topological polar surface area (TPSA) is 67.0 Å². The molecule has 0 atom stereocenters. The second kappa shape index (κ2) is 12.2. The van der Waals surface area contributed by atoms with Crippen LogP contribution in [0.2, 0.25) is 5.02 Å². The number of anilines is 1. The number of amides is 1. The number of carbonyl (C=O) groups excluding carboxylic acids is 1. The third-order valence-corrected chi connectivity index (χ3v) is 6.57. The number of hydrogen-bond acceptors (Lipinski definition) is 3. The third-order valence-electron chi connectivity index (χ3n) is 6.32. The van der Waals surface area contributed by atoms with Crippen molar-refractivity contribution in [1.29, 1.82) is 5.26 Å². The molecule has 1 amide bonds. The Morgan fingerprint density at radius 2 is 1.52 bits per heavy atom. The number of halogens is 1. The van der Waals surface area contributed by atoms with Crippen LogP contribution in [0.25, 0.3) is 34.3 Å². The summed E-state index contributed by atoms with van der Waals surface area (Å²) in [4.78, 5) is 13.2. The number of rotatable bonds is 8. The van der Waals surface area contributed by atoms with Gasteiger partial charge in [-0.25, -0.2) is 0 Å². The molecule has 0 aliphatic rings. The lowest BCUT2D eigenvalue weighted by molar-refractivity contribution is -0.112. The summed E-state index contributed by atoms with van der Waals surface area (Å²) in [5, 5.41) is 13.5. The molecule has 196 valence electrons. The molecule has 1 N–H and O–H groups in total. The van der Waals surface area contributed by atoms with Gasteiger partial charge in [-0.15, -0.1) is 0 Å². The van der Waals surface area contributed by atoms with Crippen molar-refractivity contribution in [2.75, 3.05) is 11.9 Å². The van der Waals surface area contributed by atoms with E-state index in [4.69, 9.17) is 16.3 Å². The second-order valence-corrected chi connectivity index (χ2v) is 9.40. The Morgan fingerprint density at radius 3 is 2.12 bits per heavy atom. The number of carbonyl (C=O) groups is 1. The summed E-state index contributed by atoms with van der Waals surface area (Å²) in [5.74, 6) is 0.215. The third kappa shape index (κ3) is 5.83. The van der Waals surface area contributed by atoms with E-state index in [0.717, 1.165) is 33.8 Å². The lowest BCUT2D eigenvalue weighted by Gasteiger charge is -2.15. The summed E-state index contributed by atoms with van der Waals surface area (Å²) in [6.45, 7) is 2.46. The van der Waals surface area contributed by atoms with Crippen LogP contribution in [0.3, 0.4) is 0 Å². The van der Waals surface area contributed by atoms with Crippen LogP contribution in [0.4, 0.5) is 5.69 Å². The van der Waals surface area contributed by atoms with E-state index in [1.807, 2.05) is 97.9 Å². The Kier molecular flexibility index (Phi) is 8.10. The minimum atomic E-state index is -0.494. The van der Waals surface area contributed by atoms with Crippen LogP contribution in [0.15, 0.2) is 121 Å². The molecule has 6 heteroatoms. The molecule has 0 fully saturated rings. The van der Waals surface area contributed by atoms with Crippen molar-refractivity contribution in [2.24, 2.45) is 0 Å². The molecule has 5 aromatic rings. The molecule has 0 aliphatic carbocycles. The largest absolute Gasteiger partial charge is 0.494 e. The zero-order chi connectivity index (χ0) is 27.9. The molecule has 5 nitrogen and oxygen atoms in total. The molecule has 0 aliphatic heterocycles. The van der Waals surface area contributed by atoms with E-state index in [2.05, 4.69) is 16.0 Å². The first-order valence-electron chi connectivity index (χ1n) is 12.9. The van der Waals surface area contributed by atoms with Crippen LogP contribution in [0.5, 0.6) is 5.75 Å². The van der Waals surface area contributed by atoms with Gasteiger partial charge in [0.2, 0.25) is 0 Å². The predicted octanol–water partition coefficient (Wildman–Crippen LogP) is 8.41. The molecule has 0 saturated carbocycles. The number of nitrogens with zero attached hydrogens (tertiary/aromatic N) is 2. The quantitative estimate of drug-likeness (QED) is 0.158. The molecule has 0 bridgehead atoms. The van der Waals surface area contributed by atoms with E-state index >= 15 is 0 Å². The van der Waals surface area contributed by atoms with E-state index in [0.29, 0.717) is 23.1 Å². The number of aromatic nitrogens is 1. The maximum absolute atomic E-state index is 13.2. The summed E-state index contributed by atoms with van der Waals surface area (Å²) >= 11 is 6.22. The normalized spacial score (nSPS) is 11.1. The Morgan fingerprint density at radius 1 is 0.900 bits per heavy atom. The number of nitrogens with one attached hydrogen (secondary N) is 1. The monoisotopic (exact) mass is 543 g/mol. The molecular formula is C34H26ClN3O2. The number of hydrogen-bond donors (Lipinski definition) is 1. The minimum absolute atomic E-state index is 0.0149. The van der Waals surface area contributed by atoms with Gasteiger partial charge >= 0.3 is 0 Å². The minimum Gasteiger partial charge on any atom is -0.494 e. The Bertz CT molecular complexity index is 1680. The van der Waals surface area contributed by atoms with Gasteiger partial charge in [0.05, 0.1) is 18.0 Å². The van der Waals surface area contributed by atoms with Gasteiger partial charge in [0.15, 0.2) is 0 Å². The zero-order valence-electron chi connectivity index (χ0n) is 21.8. The summed E-state index contributed by atoms with van der Waals surface area (Å²) in [6, 6.07) is 38.7. The Labute approximate surface area is 238 Å². The van der Waals surface area contributed by atoms with E-state index in [9.17, 15) is 10.1 Å². The van der Waals surface area contributed by atoms with Crippen LogP contribution >= 0.6 is 11.6 Å². The highest BCUT2D eigenvalue weighted by Gasteiger charge is 2.20. The maximum atomic E-state index is 13.2. The van der Waals surface area contributed by atoms with Crippen LogP contribution in [-0.4, -0.2) is 17.1 Å². The molecule has 0 spiro atoms. The molecule has 1 aromatic heterocycles. The van der Waals surface area contributed by atoms with Gasteiger partial charge < -0.3 is 14.6 Å². The molecule has 5 rings (SSSR count). The van der Waals surface area contributed by atoms with Crippen LogP contribution in [0.1, 0.15) is 12.5 Å². The second-order valence-electron chi connectivity index (χ2n) is 8.96. The average Bonchev–Trinajstić information content (AvgIpc) is 3.37. The highest BCUT2D eigenvalue weighted by molar-refractivity contribution is 6.30. The fraction of sp³-hybridized carbons (Fsp3) is 0.0588. The summed E-state index contributed by atoms with van der Waals surface area (Å²) in [5.41, 5.74) is 5.89. The van der Waals surface area contributed by atoms with Crippen LogP contribution < -0.4 is 10.1 Å². The van der Waals surface area contributed by atoms with Crippen molar-refractivity contribution >= 4 is 29.3 Å². The lowest BCUT2D eigenvalue weighted by Crippen LogP contribution is -2.13. The smallest absolute Gasteiger partial charge is 0.266 e. The molecule has 40 heavy (non-hydrogen) atoms. The molecule has 0 radical (unpaired) electrons. The SMILES string of the molecule is CCOc1ccc(NC(=O)/C(C#N)=C\c2cc(-c3ccccc3)n(-c3ccc(Cl)cc3)c2-c2ccccc2)cc1. The van der Waals surface area contributed by atoms with Crippen molar-refractivity contribution in [2.45, 2.75) is 6.92 Å². The molecule has 4 aromatic carbocycles. The van der Waals surface area contributed by atoms with Crippen molar-refractivity contribution in [3.8, 4) is 40.0 Å². The maximum Gasteiger partial charge on any atom is 0.266 e. The fourth-order valence-corrected chi connectivity index (χ4v) is 4.64. The molecule has 1 heterocycles. The highest BCUT2D eigenvalue weighted by atomic mass is 35.5. The Balaban J connectivity index is 1.65. The van der Waals surface area contributed by atoms with Crippen LogP contribution in [-0.2, 0) is 4.79 Å². The molecular weight excluding hydrogens is 518 g/mol. The molecule has 0 unspecified atom stereocenters. The Hall–Kier alpha value is -5.05. The van der Waals surface area contributed by atoms with Gasteiger partial charge in [-0.05, 0) is 78.7 Å². The van der Waals surface area contributed by atoms with E-state index in [1.54, 1.807) is 30.3 Å². The van der Waals surface area contributed by atoms with Gasteiger partial charge in [0.1, 0.15) is 17.4 Å². The standard InChI is InChI=1S/C34H26ClN3O2/c1-2-40-31-19-15-29(16-20-31)37-34(39)27(23-36)21-26-22-32(24-9-5-3-6-10-24)38(30-17-13-28(35)14-18-30)33(26)25-11-7-4-8-12-25/h3-22H,2H2,1H3,(H,37,39)/b27-21-. The first kappa shape index (κ1) is 26.6. The van der Waals surface area contributed by atoms with Crippen LogP contribution in [0, 0.1) is 11.3 Å². The number of ether oxygens (including phenoxy) is 1. The summed E-state index contributed by atoms with van der Waals surface area (Å²) in [7, 11) is 0. The number of benzene rings is 4. The zero-order valence-corrected chi connectivity index (χ0v) is 22.6. The highest BCUT2D eigenvalue weighted by Crippen LogP contribution is 2.37. The van der Waals surface area contributed by atoms with Gasteiger partial charge in [-0.1, -0.05) is 72.3 Å². The van der Waals surface area contributed by atoms with Gasteiger partial charge in [0, 0.05) is 22.0 Å². The predicted molar refractivity (Wildman–Crippen MR) is 161 cm³/mol. The fourth-order valence-electron chi connectivity index (χ4n) is 4.51. The van der Waals surface area contributed by atoms with Crippen molar-refractivity contribution in [1.82, 2.24) is 4.57 Å². The first-order valence-corrected chi connectivity index (χ1v) is 13.2. The number of nitriles is 1.